The molecule has 1 N–H and O–H groups in total. The molecule has 2 heterocycles. The van der Waals surface area contributed by atoms with Crippen LogP contribution in [0.4, 0.5) is 0 Å². The number of thiophene rings is 1. The lowest BCUT2D eigenvalue weighted by atomic mass is 9.84. The van der Waals surface area contributed by atoms with Crippen LogP contribution in [-0.4, -0.2) is 31.1 Å². The summed E-state index contributed by atoms with van der Waals surface area (Å²) in [5, 5.41) is 5.61. The number of halogens is 3. The molecular formula is C13H23BrCl2N2S. The Labute approximate surface area is 141 Å². The fraction of sp³-hybridized carbons (Fsp3) is 0.692. The summed E-state index contributed by atoms with van der Waals surface area (Å²) in [7, 11) is 0. The molecule has 0 saturated carbocycles. The standard InChI is InChI=1S/C13H21BrN2S.2ClH/c1-13(2,3)12(11-10(14)4-9-17-11)16-7-5-15-6-8-16;;/h4,9,12,15H,5-8H2,1-3H3;2*1H/t12-;;/m0../s1. The normalized spacial score (nSPS) is 18.3. The highest BCUT2D eigenvalue weighted by molar-refractivity contribution is 9.10. The Balaban J connectivity index is 0.00000162. The number of nitrogens with one attached hydrogen (secondary N) is 1. The van der Waals surface area contributed by atoms with E-state index in [1.807, 2.05) is 11.3 Å². The molecule has 0 radical (unpaired) electrons. The predicted molar refractivity (Wildman–Crippen MR) is 93.2 cm³/mol. The van der Waals surface area contributed by atoms with Gasteiger partial charge in [0.05, 0.1) is 6.04 Å². The largest absolute Gasteiger partial charge is 0.314 e. The van der Waals surface area contributed by atoms with E-state index < -0.39 is 0 Å². The maximum atomic E-state index is 3.69. The molecule has 0 unspecified atom stereocenters. The smallest absolute Gasteiger partial charge is 0.0502 e. The van der Waals surface area contributed by atoms with E-state index in [1.54, 1.807) is 0 Å². The van der Waals surface area contributed by atoms with E-state index >= 15 is 0 Å². The van der Waals surface area contributed by atoms with Crippen LogP contribution in [0.2, 0.25) is 0 Å². The molecule has 1 fully saturated rings. The van der Waals surface area contributed by atoms with E-state index in [0.717, 1.165) is 26.2 Å². The lowest BCUT2D eigenvalue weighted by Crippen LogP contribution is -2.48. The van der Waals surface area contributed by atoms with Crippen LogP contribution in [0.1, 0.15) is 31.7 Å². The Morgan fingerprint density at radius 1 is 1.26 bits per heavy atom. The molecule has 112 valence electrons. The van der Waals surface area contributed by atoms with Crippen molar-refractivity contribution in [3.05, 3.63) is 20.8 Å². The van der Waals surface area contributed by atoms with Crippen LogP contribution < -0.4 is 5.32 Å². The first kappa shape index (κ1) is 19.7. The summed E-state index contributed by atoms with van der Waals surface area (Å²) >= 11 is 5.56. The van der Waals surface area contributed by atoms with Gasteiger partial charge in [0.25, 0.3) is 0 Å². The summed E-state index contributed by atoms with van der Waals surface area (Å²) in [6.45, 7) is 11.5. The second-order valence-electron chi connectivity index (χ2n) is 5.69. The zero-order valence-electron chi connectivity index (χ0n) is 11.6. The maximum Gasteiger partial charge on any atom is 0.0502 e. The highest BCUT2D eigenvalue weighted by Crippen LogP contribution is 2.43. The minimum atomic E-state index is 0. The van der Waals surface area contributed by atoms with E-state index in [4.69, 9.17) is 0 Å². The molecule has 19 heavy (non-hydrogen) atoms. The Bertz CT molecular complexity index is 373. The van der Waals surface area contributed by atoms with Crippen LogP contribution in [0.25, 0.3) is 0 Å². The average molecular weight is 390 g/mol. The lowest BCUT2D eigenvalue weighted by molar-refractivity contribution is 0.0883. The molecule has 0 aliphatic carbocycles. The van der Waals surface area contributed by atoms with Gasteiger partial charge < -0.3 is 5.32 Å². The number of hydrogen-bond donors (Lipinski definition) is 1. The topological polar surface area (TPSA) is 15.3 Å². The van der Waals surface area contributed by atoms with Gasteiger partial charge in [0.1, 0.15) is 0 Å². The lowest BCUT2D eigenvalue weighted by Gasteiger charge is -2.42. The van der Waals surface area contributed by atoms with Gasteiger partial charge in [-0.3, -0.25) is 4.90 Å². The Hall–Kier alpha value is 0.680. The summed E-state index contributed by atoms with van der Waals surface area (Å²) in [4.78, 5) is 4.09. The minimum Gasteiger partial charge on any atom is -0.314 e. The second-order valence-corrected chi connectivity index (χ2v) is 7.49. The molecule has 0 aromatic carbocycles. The first-order valence-corrected chi connectivity index (χ1v) is 7.85. The van der Waals surface area contributed by atoms with Crippen molar-refractivity contribution in [3.8, 4) is 0 Å². The summed E-state index contributed by atoms with van der Waals surface area (Å²) in [6, 6.07) is 2.68. The van der Waals surface area contributed by atoms with E-state index in [2.05, 4.69) is 58.4 Å². The minimum absolute atomic E-state index is 0. The molecule has 2 nitrogen and oxygen atoms in total. The van der Waals surface area contributed by atoms with E-state index in [0.29, 0.717) is 6.04 Å². The average Bonchev–Trinajstić information content (AvgIpc) is 2.65. The van der Waals surface area contributed by atoms with Gasteiger partial charge in [0.15, 0.2) is 0 Å². The van der Waals surface area contributed by atoms with E-state index in [-0.39, 0.29) is 30.2 Å². The Morgan fingerprint density at radius 3 is 2.26 bits per heavy atom. The molecular weight excluding hydrogens is 367 g/mol. The fourth-order valence-corrected chi connectivity index (χ4v) is 4.51. The first-order chi connectivity index (χ1) is 8.00. The SMILES string of the molecule is CC(C)(C)[C@H](c1sccc1Br)N1CCNCC1.Cl.Cl. The van der Waals surface area contributed by atoms with E-state index in [1.165, 1.54) is 9.35 Å². The molecule has 2 rings (SSSR count). The van der Waals surface area contributed by atoms with Gasteiger partial charge in [-0.15, -0.1) is 36.2 Å². The molecule has 1 aliphatic heterocycles. The van der Waals surface area contributed by atoms with Gasteiger partial charge in [-0.2, -0.15) is 0 Å². The number of nitrogens with zero attached hydrogens (tertiary/aromatic N) is 1. The zero-order chi connectivity index (χ0) is 12.5. The van der Waals surface area contributed by atoms with E-state index in [9.17, 15) is 0 Å². The molecule has 1 aliphatic rings. The highest BCUT2D eigenvalue weighted by Gasteiger charge is 2.34. The summed E-state index contributed by atoms with van der Waals surface area (Å²) in [5.41, 5.74) is 0.269. The molecule has 1 aromatic rings. The van der Waals surface area contributed by atoms with Crippen LogP contribution in [0.3, 0.4) is 0 Å². The Morgan fingerprint density at radius 2 is 1.84 bits per heavy atom. The summed E-state index contributed by atoms with van der Waals surface area (Å²) in [6.07, 6.45) is 0. The predicted octanol–water partition coefficient (Wildman–Crippen LogP) is 4.35. The van der Waals surface area contributed by atoms with Crippen LogP contribution in [-0.2, 0) is 0 Å². The molecule has 1 saturated heterocycles. The zero-order valence-corrected chi connectivity index (χ0v) is 15.6. The highest BCUT2D eigenvalue weighted by atomic mass is 79.9. The van der Waals surface area contributed by atoms with Gasteiger partial charge in [-0.05, 0) is 32.8 Å². The van der Waals surface area contributed by atoms with Crippen LogP contribution >= 0.6 is 52.1 Å². The third-order valence-corrected chi connectivity index (χ3v) is 5.15. The van der Waals surface area contributed by atoms with Crippen molar-refractivity contribution in [1.29, 1.82) is 0 Å². The van der Waals surface area contributed by atoms with Gasteiger partial charge >= 0.3 is 0 Å². The van der Waals surface area contributed by atoms with Crippen LogP contribution in [0.5, 0.6) is 0 Å². The van der Waals surface area contributed by atoms with Crippen molar-refractivity contribution in [2.45, 2.75) is 26.8 Å². The monoisotopic (exact) mass is 388 g/mol. The Kier molecular flexibility index (Phi) is 8.50. The van der Waals surface area contributed by atoms with Crippen molar-refractivity contribution in [3.63, 3.8) is 0 Å². The van der Waals surface area contributed by atoms with Crippen molar-refractivity contribution >= 4 is 52.1 Å². The molecule has 1 atom stereocenters. The van der Waals surface area contributed by atoms with Gasteiger partial charge in [0.2, 0.25) is 0 Å². The molecule has 0 amide bonds. The molecule has 0 spiro atoms. The third-order valence-electron chi connectivity index (χ3n) is 3.23. The van der Waals surface area contributed by atoms with Gasteiger partial charge in [-0.1, -0.05) is 20.8 Å². The third kappa shape index (κ3) is 4.87. The maximum absolute atomic E-state index is 3.69. The molecule has 6 heteroatoms. The molecule has 1 aromatic heterocycles. The van der Waals surface area contributed by atoms with Crippen molar-refractivity contribution < 1.29 is 0 Å². The number of rotatable bonds is 2. The summed E-state index contributed by atoms with van der Waals surface area (Å²) in [5.74, 6) is 0. The molecule has 0 bridgehead atoms. The summed E-state index contributed by atoms with van der Waals surface area (Å²) < 4.78 is 1.26. The van der Waals surface area contributed by atoms with Crippen LogP contribution in [0.15, 0.2) is 15.9 Å². The van der Waals surface area contributed by atoms with Crippen molar-refractivity contribution in [2.75, 3.05) is 26.2 Å². The second kappa shape index (κ2) is 8.20. The van der Waals surface area contributed by atoms with Gasteiger partial charge in [-0.25, -0.2) is 0 Å². The number of piperazine rings is 1. The van der Waals surface area contributed by atoms with Crippen molar-refractivity contribution in [2.24, 2.45) is 5.41 Å². The number of hydrogen-bond acceptors (Lipinski definition) is 3. The van der Waals surface area contributed by atoms with Crippen molar-refractivity contribution in [1.82, 2.24) is 10.2 Å². The van der Waals surface area contributed by atoms with Crippen LogP contribution in [0, 0.1) is 5.41 Å². The first-order valence-electron chi connectivity index (χ1n) is 6.18. The quantitative estimate of drug-likeness (QED) is 0.808. The van der Waals surface area contributed by atoms with Gasteiger partial charge in [0, 0.05) is 35.5 Å². The fourth-order valence-electron chi connectivity index (χ4n) is 2.55.